The molecule has 4 heteroatoms. The van der Waals surface area contributed by atoms with Crippen molar-refractivity contribution in [2.45, 2.75) is 12.8 Å². The average molecular weight is 206 g/mol. The number of fused-ring (bicyclic) bond motifs is 1. The molecular formula is C10H8ClN3. The van der Waals surface area contributed by atoms with Gasteiger partial charge in [0.2, 0.25) is 0 Å². The number of aromatic nitrogens is 2. The number of H-pyrrole nitrogens is 1. The fourth-order valence-electron chi connectivity index (χ4n) is 1.40. The van der Waals surface area contributed by atoms with Gasteiger partial charge >= 0.3 is 0 Å². The molecule has 0 aliphatic rings. The predicted octanol–water partition coefficient (Wildman–Crippen LogP) is 2.48. The summed E-state index contributed by atoms with van der Waals surface area (Å²) in [6.45, 7) is 1.90. The highest BCUT2D eigenvalue weighted by Crippen LogP contribution is 2.17. The molecule has 2 aromatic rings. The molecule has 1 aromatic carbocycles. The molecule has 0 unspecified atom stereocenters. The lowest BCUT2D eigenvalue weighted by Gasteiger charge is -1.95. The summed E-state index contributed by atoms with van der Waals surface area (Å²) in [7, 11) is 0. The number of aryl methyl sites for hydroxylation is 1. The molecule has 0 fully saturated rings. The normalized spacial score (nSPS) is 10.4. The molecule has 0 aliphatic heterocycles. The van der Waals surface area contributed by atoms with E-state index in [1.54, 1.807) is 6.07 Å². The maximum Gasteiger partial charge on any atom is 0.122 e. The van der Waals surface area contributed by atoms with E-state index in [0.29, 0.717) is 11.4 Å². The molecule has 1 heterocycles. The number of imidazole rings is 1. The van der Waals surface area contributed by atoms with Crippen molar-refractivity contribution in [2.24, 2.45) is 0 Å². The fraction of sp³-hybridized carbons (Fsp3) is 0.200. The fourth-order valence-corrected chi connectivity index (χ4v) is 1.53. The van der Waals surface area contributed by atoms with Gasteiger partial charge in [0.15, 0.2) is 0 Å². The molecule has 1 aromatic heterocycles. The van der Waals surface area contributed by atoms with Crippen LogP contribution in [0.2, 0.25) is 0 Å². The van der Waals surface area contributed by atoms with Gasteiger partial charge < -0.3 is 4.98 Å². The van der Waals surface area contributed by atoms with Crippen LogP contribution in [0.5, 0.6) is 0 Å². The zero-order valence-electron chi connectivity index (χ0n) is 7.63. The van der Waals surface area contributed by atoms with Crippen molar-refractivity contribution in [3.8, 4) is 6.07 Å². The standard InChI is InChI=1S/C10H8ClN3/c1-6-2-8-9(3-7(6)5-12)14-10(4-11)13-8/h2-3H,4H2,1H3,(H,13,14). The van der Waals surface area contributed by atoms with Gasteiger partial charge in [-0.1, -0.05) is 0 Å². The number of hydrogen-bond acceptors (Lipinski definition) is 2. The van der Waals surface area contributed by atoms with Crippen molar-refractivity contribution < 1.29 is 0 Å². The maximum atomic E-state index is 8.83. The number of halogens is 1. The summed E-state index contributed by atoms with van der Waals surface area (Å²) in [6.07, 6.45) is 0. The Morgan fingerprint density at radius 3 is 3.00 bits per heavy atom. The van der Waals surface area contributed by atoms with E-state index in [0.717, 1.165) is 22.4 Å². The SMILES string of the molecule is Cc1cc2[nH]c(CCl)nc2cc1C#N. The van der Waals surface area contributed by atoms with Crippen molar-refractivity contribution in [1.29, 1.82) is 5.26 Å². The lowest BCUT2D eigenvalue weighted by atomic mass is 10.1. The Labute approximate surface area is 86.3 Å². The van der Waals surface area contributed by atoms with Crippen molar-refractivity contribution in [3.63, 3.8) is 0 Å². The topological polar surface area (TPSA) is 52.5 Å². The summed E-state index contributed by atoms with van der Waals surface area (Å²) < 4.78 is 0. The highest BCUT2D eigenvalue weighted by Gasteiger charge is 2.05. The van der Waals surface area contributed by atoms with Gasteiger partial charge in [-0.05, 0) is 24.6 Å². The van der Waals surface area contributed by atoms with Crippen molar-refractivity contribution in [3.05, 3.63) is 29.1 Å². The van der Waals surface area contributed by atoms with Gasteiger partial charge in [0.1, 0.15) is 5.82 Å². The van der Waals surface area contributed by atoms with E-state index in [-0.39, 0.29) is 0 Å². The summed E-state index contributed by atoms with van der Waals surface area (Å²) in [5.41, 5.74) is 3.33. The summed E-state index contributed by atoms with van der Waals surface area (Å²) in [5, 5.41) is 8.83. The first-order valence-electron chi connectivity index (χ1n) is 4.20. The highest BCUT2D eigenvalue weighted by atomic mass is 35.5. The second-order valence-electron chi connectivity index (χ2n) is 3.11. The van der Waals surface area contributed by atoms with E-state index in [2.05, 4.69) is 16.0 Å². The second kappa shape index (κ2) is 3.32. The molecule has 0 aliphatic carbocycles. The van der Waals surface area contributed by atoms with Gasteiger partial charge in [-0.3, -0.25) is 0 Å². The molecule has 2 rings (SSSR count). The molecular weight excluding hydrogens is 198 g/mol. The zero-order valence-corrected chi connectivity index (χ0v) is 8.39. The van der Waals surface area contributed by atoms with E-state index in [4.69, 9.17) is 16.9 Å². The molecule has 14 heavy (non-hydrogen) atoms. The summed E-state index contributed by atoms with van der Waals surface area (Å²) in [5.74, 6) is 1.09. The first-order valence-corrected chi connectivity index (χ1v) is 4.73. The molecule has 70 valence electrons. The monoisotopic (exact) mass is 205 g/mol. The minimum absolute atomic E-state index is 0.357. The maximum absolute atomic E-state index is 8.83. The van der Waals surface area contributed by atoms with E-state index >= 15 is 0 Å². The largest absolute Gasteiger partial charge is 0.341 e. The third kappa shape index (κ3) is 1.34. The summed E-state index contributed by atoms with van der Waals surface area (Å²) in [4.78, 5) is 7.33. The Kier molecular flexibility index (Phi) is 2.14. The molecule has 0 spiro atoms. The number of nitriles is 1. The van der Waals surface area contributed by atoms with Crippen LogP contribution in [-0.2, 0) is 5.88 Å². The third-order valence-electron chi connectivity index (χ3n) is 2.12. The number of nitrogens with zero attached hydrogens (tertiary/aromatic N) is 2. The highest BCUT2D eigenvalue weighted by molar-refractivity contribution is 6.16. The smallest absolute Gasteiger partial charge is 0.122 e. The summed E-state index contributed by atoms with van der Waals surface area (Å²) >= 11 is 5.65. The zero-order chi connectivity index (χ0) is 10.1. The van der Waals surface area contributed by atoms with E-state index in [1.807, 2.05) is 13.0 Å². The molecule has 0 amide bonds. The average Bonchev–Trinajstić information content (AvgIpc) is 2.58. The number of nitrogens with one attached hydrogen (secondary N) is 1. The van der Waals surface area contributed by atoms with Gasteiger partial charge in [-0.25, -0.2) is 4.98 Å². The van der Waals surface area contributed by atoms with Crippen LogP contribution in [0, 0.1) is 18.3 Å². The first kappa shape index (κ1) is 9.04. The number of benzene rings is 1. The quantitative estimate of drug-likeness (QED) is 0.728. The van der Waals surface area contributed by atoms with Crippen LogP contribution in [-0.4, -0.2) is 9.97 Å². The molecule has 0 saturated carbocycles. The van der Waals surface area contributed by atoms with Crippen LogP contribution in [0.15, 0.2) is 12.1 Å². The molecule has 1 N–H and O–H groups in total. The van der Waals surface area contributed by atoms with Crippen molar-refractivity contribution in [2.75, 3.05) is 0 Å². The van der Waals surface area contributed by atoms with Gasteiger partial charge in [0.25, 0.3) is 0 Å². The lowest BCUT2D eigenvalue weighted by molar-refractivity contribution is 1.13. The molecule has 0 saturated heterocycles. The van der Waals surface area contributed by atoms with Crippen molar-refractivity contribution in [1.82, 2.24) is 9.97 Å². The Balaban J connectivity index is 2.71. The number of alkyl halides is 1. The Hall–Kier alpha value is -1.53. The third-order valence-corrected chi connectivity index (χ3v) is 2.38. The molecule has 0 bridgehead atoms. The van der Waals surface area contributed by atoms with Gasteiger partial charge in [0, 0.05) is 0 Å². The van der Waals surface area contributed by atoms with E-state index in [9.17, 15) is 0 Å². The number of hydrogen-bond donors (Lipinski definition) is 1. The molecule has 0 radical (unpaired) electrons. The second-order valence-corrected chi connectivity index (χ2v) is 3.38. The van der Waals surface area contributed by atoms with Gasteiger partial charge in [-0.15, -0.1) is 11.6 Å². The van der Waals surface area contributed by atoms with Crippen LogP contribution in [0.1, 0.15) is 17.0 Å². The van der Waals surface area contributed by atoms with Gasteiger partial charge in [0.05, 0.1) is 28.5 Å². The molecule has 3 nitrogen and oxygen atoms in total. The van der Waals surface area contributed by atoms with Crippen molar-refractivity contribution >= 4 is 22.6 Å². The van der Waals surface area contributed by atoms with Crippen LogP contribution in [0.4, 0.5) is 0 Å². The van der Waals surface area contributed by atoms with Crippen LogP contribution in [0.25, 0.3) is 11.0 Å². The minimum Gasteiger partial charge on any atom is -0.341 e. The predicted molar refractivity (Wildman–Crippen MR) is 55.1 cm³/mol. The van der Waals surface area contributed by atoms with E-state index < -0.39 is 0 Å². The minimum atomic E-state index is 0.357. The Bertz CT molecular complexity index is 522. The van der Waals surface area contributed by atoms with Crippen LogP contribution < -0.4 is 0 Å². The lowest BCUT2D eigenvalue weighted by Crippen LogP contribution is -1.81. The Morgan fingerprint density at radius 1 is 1.57 bits per heavy atom. The Morgan fingerprint density at radius 2 is 2.36 bits per heavy atom. The first-order chi connectivity index (χ1) is 6.74. The molecule has 0 atom stereocenters. The number of aromatic amines is 1. The van der Waals surface area contributed by atoms with E-state index in [1.165, 1.54) is 0 Å². The van der Waals surface area contributed by atoms with Gasteiger partial charge in [-0.2, -0.15) is 5.26 Å². The van der Waals surface area contributed by atoms with Crippen LogP contribution >= 0.6 is 11.6 Å². The van der Waals surface area contributed by atoms with Crippen LogP contribution in [0.3, 0.4) is 0 Å². The summed E-state index contributed by atoms with van der Waals surface area (Å²) in [6, 6.07) is 5.82. The number of rotatable bonds is 1.